The number of ketones is 1. The summed E-state index contributed by atoms with van der Waals surface area (Å²) in [4.78, 5) is 16.1. The summed E-state index contributed by atoms with van der Waals surface area (Å²) in [6.45, 7) is 0. The van der Waals surface area contributed by atoms with Gasteiger partial charge >= 0.3 is 10.1 Å². The van der Waals surface area contributed by atoms with Crippen LogP contribution in [-0.2, 0) is 10.1 Å². The van der Waals surface area contributed by atoms with E-state index in [-0.39, 0.29) is 16.4 Å². The molecule has 3 aromatic rings. The monoisotopic (exact) mass is 373 g/mol. The molecule has 0 atom stereocenters. The molecule has 126 valence electrons. The highest BCUT2D eigenvalue weighted by Gasteiger charge is 2.17. The quantitative estimate of drug-likeness (QED) is 0.503. The predicted molar refractivity (Wildman–Crippen MR) is 93.4 cm³/mol. The first-order valence-corrected chi connectivity index (χ1v) is 8.99. The van der Waals surface area contributed by atoms with Gasteiger partial charge in [0.25, 0.3) is 0 Å². The summed E-state index contributed by atoms with van der Waals surface area (Å²) in [6, 6.07) is 15.3. The van der Waals surface area contributed by atoms with Crippen molar-refractivity contribution >= 4 is 27.5 Å². The average molecular weight is 374 g/mol. The molecule has 2 aromatic carbocycles. The summed E-state index contributed by atoms with van der Waals surface area (Å²) in [5, 5.41) is 0.543. The zero-order chi connectivity index (χ0) is 17.9. The van der Waals surface area contributed by atoms with Crippen LogP contribution in [0.5, 0.6) is 5.75 Å². The lowest BCUT2D eigenvalue weighted by atomic mass is 10.0. The molecular formula is C18H12ClNO4S. The van der Waals surface area contributed by atoms with Gasteiger partial charge in [0.05, 0.1) is 0 Å². The number of aromatic nitrogens is 1. The first-order chi connectivity index (χ1) is 12.0. The van der Waals surface area contributed by atoms with Crippen LogP contribution in [-0.4, -0.2) is 19.2 Å². The van der Waals surface area contributed by atoms with E-state index in [1.807, 2.05) is 0 Å². The molecule has 7 heteroatoms. The number of hydrogen-bond donors (Lipinski definition) is 0. The molecule has 0 N–H and O–H groups in total. The van der Waals surface area contributed by atoms with Gasteiger partial charge in [-0.25, -0.2) is 0 Å². The van der Waals surface area contributed by atoms with E-state index in [1.165, 1.54) is 48.8 Å². The molecule has 1 heterocycles. The van der Waals surface area contributed by atoms with E-state index in [1.54, 1.807) is 24.3 Å². The maximum absolute atomic E-state index is 12.4. The fourth-order valence-electron chi connectivity index (χ4n) is 2.10. The Morgan fingerprint density at radius 3 is 2.08 bits per heavy atom. The van der Waals surface area contributed by atoms with Crippen LogP contribution in [0.25, 0.3) is 0 Å². The standard InChI is InChI=1S/C18H12ClNO4S/c19-15-7-3-13(4-8-15)18(21)14-5-9-16(10-6-14)24-25(22,23)17-2-1-11-20-12-17/h1-12H. The van der Waals surface area contributed by atoms with Crippen LogP contribution in [0.15, 0.2) is 78.0 Å². The van der Waals surface area contributed by atoms with Gasteiger partial charge in [-0.15, -0.1) is 0 Å². The number of carbonyl (C=O) groups excluding carboxylic acids is 1. The lowest BCUT2D eigenvalue weighted by Crippen LogP contribution is -2.10. The summed E-state index contributed by atoms with van der Waals surface area (Å²) in [5.41, 5.74) is 0.898. The molecule has 1 aromatic heterocycles. The Kier molecular flexibility index (Phi) is 4.83. The molecule has 5 nitrogen and oxygen atoms in total. The number of halogens is 1. The van der Waals surface area contributed by atoms with Gasteiger partial charge in [0.15, 0.2) is 5.78 Å². The van der Waals surface area contributed by atoms with Gasteiger partial charge in [0, 0.05) is 28.5 Å². The van der Waals surface area contributed by atoms with Gasteiger partial charge in [0.2, 0.25) is 0 Å². The van der Waals surface area contributed by atoms with Crippen molar-refractivity contribution in [1.82, 2.24) is 4.98 Å². The van der Waals surface area contributed by atoms with E-state index in [4.69, 9.17) is 15.8 Å². The summed E-state index contributed by atoms with van der Waals surface area (Å²) >= 11 is 5.81. The smallest absolute Gasteiger partial charge is 0.340 e. The van der Waals surface area contributed by atoms with Crippen molar-refractivity contribution in [3.63, 3.8) is 0 Å². The Morgan fingerprint density at radius 2 is 1.52 bits per heavy atom. The van der Waals surface area contributed by atoms with Crippen molar-refractivity contribution in [1.29, 1.82) is 0 Å². The molecule has 0 amide bonds. The van der Waals surface area contributed by atoms with E-state index in [0.717, 1.165) is 0 Å². The SMILES string of the molecule is O=C(c1ccc(Cl)cc1)c1ccc(OS(=O)(=O)c2cccnc2)cc1. The van der Waals surface area contributed by atoms with Gasteiger partial charge in [0.1, 0.15) is 10.6 Å². The molecule has 0 unspecified atom stereocenters. The summed E-state index contributed by atoms with van der Waals surface area (Å²) in [5.74, 6) is -0.0881. The molecule has 0 radical (unpaired) electrons. The molecular weight excluding hydrogens is 362 g/mol. The van der Waals surface area contributed by atoms with Crippen LogP contribution >= 0.6 is 11.6 Å². The van der Waals surface area contributed by atoms with Crippen molar-refractivity contribution in [3.8, 4) is 5.75 Å². The first kappa shape index (κ1) is 17.1. The molecule has 0 saturated carbocycles. The summed E-state index contributed by atoms with van der Waals surface area (Å²) in [6.07, 6.45) is 2.67. The number of benzene rings is 2. The van der Waals surface area contributed by atoms with Crippen LogP contribution in [0, 0.1) is 0 Å². The lowest BCUT2D eigenvalue weighted by Gasteiger charge is -2.07. The zero-order valence-corrected chi connectivity index (χ0v) is 14.4. The average Bonchev–Trinajstić information content (AvgIpc) is 2.63. The maximum atomic E-state index is 12.4. The normalized spacial score (nSPS) is 11.1. The number of nitrogens with zero attached hydrogens (tertiary/aromatic N) is 1. The maximum Gasteiger partial charge on any atom is 0.340 e. The van der Waals surface area contributed by atoms with Crippen LogP contribution in [0.3, 0.4) is 0 Å². The van der Waals surface area contributed by atoms with E-state index >= 15 is 0 Å². The molecule has 0 bridgehead atoms. The van der Waals surface area contributed by atoms with Crippen LogP contribution < -0.4 is 4.18 Å². The lowest BCUT2D eigenvalue weighted by molar-refractivity contribution is 0.103. The summed E-state index contributed by atoms with van der Waals surface area (Å²) in [7, 11) is -3.97. The molecule has 0 saturated heterocycles. The third-order valence-electron chi connectivity index (χ3n) is 3.35. The van der Waals surface area contributed by atoms with Crippen molar-refractivity contribution in [2.45, 2.75) is 4.90 Å². The molecule has 0 fully saturated rings. The predicted octanol–water partition coefficient (Wildman–Crippen LogP) is 3.73. The second kappa shape index (κ2) is 7.04. The Hall–Kier alpha value is -2.70. The van der Waals surface area contributed by atoms with E-state index in [2.05, 4.69) is 4.98 Å². The highest BCUT2D eigenvalue weighted by molar-refractivity contribution is 7.87. The Labute approximate surface area is 150 Å². The Balaban J connectivity index is 1.78. The number of carbonyl (C=O) groups is 1. The molecule has 0 aliphatic carbocycles. The fraction of sp³-hybridized carbons (Fsp3) is 0. The number of pyridine rings is 1. The topological polar surface area (TPSA) is 73.3 Å². The van der Waals surface area contributed by atoms with Crippen LogP contribution in [0.1, 0.15) is 15.9 Å². The van der Waals surface area contributed by atoms with Crippen molar-refractivity contribution in [3.05, 3.63) is 89.2 Å². The van der Waals surface area contributed by atoms with Crippen LogP contribution in [0.2, 0.25) is 5.02 Å². The first-order valence-electron chi connectivity index (χ1n) is 7.20. The second-order valence-corrected chi connectivity index (χ2v) is 7.07. The minimum atomic E-state index is -3.97. The minimum absolute atomic E-state index is 0.0451. The van der Waals surface area contributed by atoms with E-state index in [0.29, 0.717) is 16.1 Å². The molecule has 0 spiro atoms. The third kappa shape index (κ3) is 4.04. The van der Waals surface area contributed by atoms with Crippen LogP contribution in [0.4, 0.5) is 0 Å². The minimum Gasteiger partial charge on any atom is -0.379 e. The molecule has 0 aliphatic heterocycles. The van der Waals surface area contributed by atoms with E-state index < -0.39 is 10.1 Å². The van der Waals surface area contributed by atoms with E-state index in [9.17, 15) is 13.2 Å². The van der Waals surface area contributed by atoms with Gasteiger partial charge in [-0.1, -0.05) is 11.6 Å². The van der Waals surface area contributed by atoms with Gasteiger partial charge < -0.3 is 4.18 Å². The molecule has 25 heavy (non-hydrogen) atoms. The Morgan fingerprint density at radius 1 is 0.920 bits per heavy atom. The highest BCUT2D eigenvalue weighted by Crippen LogP contribution is 2.20. The molecule has 0 aliphatic rings. The second-order valence-electron chi connectivity index (χ2n) is 5.09. The van der Waals surface area contributed by atoms with Crippen molar-refractivity contribution in [2.75, 3.05) is 0 Å². The molecule has 3 rings (SSSR count). The summed E-state index contributed by atoms with van der Waals surface area (Å²) < 4.78 is 29.3. The number of hydrogen-bond acceptors (Lipinski definition) is 5. The Bertz CT molecular complexity index is 986. The van der Waals surface area contributed by atoms with Gasteiger partial charge in [-0.3, -0.25) is 9.78 Å². The highest BCUT2D eigenvalue weighted by atomic mass is 35.5. The zero-order valence-electron chi connectivity index (χ0n) is 12.8. The largest absolute Gasteiger partial charge is 0.379 e. The van der Waals surface area contributed by atoms with Gasteiger partial charge in [-0.05, 0) is 60.7 Å². The number of rotatable bonds is 5. The fourth-order valence-corrected chi connectivity index (χ4v) is 3.12. The van der Waals surface area contributed by atoms with Gasteiger partial charge in [-0.2, -0.15) is 8.42 Å². The third-order valence-corrected chi connectivity index (χ3v) is 4.83. The van der Waals surface area contributed by atoms with Crippen molar-refractivity contribution < 1.29 is 17.4 Å². The van der Waals surface area contributed by atoms with Crippen molar-refractivity contribution in [2.24, 2.45) is 0 Å².